The summed E-state index contributed by atoms with van der Waals surface area (Å²) in [5, 5.41) is 28.0. The van der Waals surface area contributed by atoms with Crippen LogP contribution in [0.2, 0.25) is 0 Å². The number of fused-ring (bicyclic) bond motifs is 4. The fourth-order valence-electron chi connectivity index (χ4n) is 8.58. The number of benzene rings is 5. The topological polar surface area (TPSA) is 190 Å². The van der Waals surface area contributed by atoms with Crippen LogP contribution in [0.15, 0.2) is 120 Å². The van der Waals surface area contributed by atoms with Crippen LogP contribution in [0.3, 0.4) is 0 Å². The van der Waals surface area contributed by atoms with Crippen molar-refractivity contribution in [3.05, 3.63) is 159 Å². The predicted octanol–water partition coefficient (Wildman–Crippen LogP) is 6.80. The van der Waals surface area contributed by atoms with Gasteiger partial charge >= 0.3 is 12.1 Å². The van der Waals surface area contributed by atoms with Crippen molar-refractivity contribution in [1.82, 2.24) is 20.5 Å². The molecule has 0 spiro atoms. The highest BCUT2D eigenvalue weighted by Gasteiger charge is 2.37. The first-order valence-corrected chi connectivity index (χ1v) is 22.0. The maximum atomic E-state index is 13.3. The van der Waals surface area contributed by atoms with E-state index >= 15 is 0 Å². The highest BCUT2D eigenvalue weighted by Crippen LogP contribution is 2.39. The Bertz CT molecular complexity index is 2640. The number of aromatic amines is 1. The smallest absolute Gasteiger partial charge is 0.408 e. The zero-order chi connectivity index (χ0) is 46.0. The molecule has 2 bridgehead atoms. The minimum Gasteiger partial charge on any atom is -0.506 e. The summed E-state index contributed by atoms with van der Waals surface area (Å²) in [5.41, 5.74) is 4.24. The maximum absolute atomic E-state index is 13.3. The number of aromatic nitrogens is 1. The first-order chi connectivity index (χ1) is 32.1. The molecule has 2 unspecified atom stereocenters. The van der Waals surface area contributed by atoms with Gasteiger partial charge in [-0.05, 0) is 108 Å². The number of carbonyl (C=O) groups is 2. The Hall–Kier alpha value is -7.07. The molecule has 66 heavy (non-hydrogen) atoms. The molecule has 0 aliphatic carbocycles. The molecule has 3 aliphatic rings. The quantitative estimate of drug-likeness (QED) is 0.0422. The lowest BCUT2D eigenvalue weighted by molar-refractivity contribution is -0.0336. The van der Waals surface area contributed by atoms with Crippen LogP contribution in [0, 0.1) is 5.92 Å². The monoisotopic (exact) mass is 898 g/mol. The van der Waals surface area contributed by atoms with Gasteiger partial charge < -0.3 is 54.3 Å². The number of aromatic hydroxyl groups is 1. The molecule has 3 atom stereocenters. The Labute approximate surface area is 382 Å². The lowest BCUT2D eigenvalue weighted by Crippen LogP contribution is -2.52. The van der Waals surface area contributed by atoms with Gasteiger partial charge in [-0.1, -0.05) is 60.7 Å². The summed E-state index contributed by atoms with van der Waals surface area (Å²) >= 11 is 0. The largest absolute Gasteiger partial charge is 0.506 e. The van der Waals surface area contributed by atoms with Crippen molar-refractivity contribution in [3.8, 4) is 28.7 Å². The lowest BCUT2D eigenvalue weighted by atomic mass is 9.86. The van der Waals surface area contributed by atoms with Crippen LogP contribution in [0.1, 0.15) is 63.2 Å². The second-order valence-electron chi connectivity index (χ2n) is 16.4. The fraction of sp³-hybridized carbons (Fsp3) is 0.314. The highest BCUT2D eigenvalue weighted by atomic mass is 16.6. The van der Waals surface area contributed by atoms with Crippen molar-refractivity contribution in [1.29, 1.82) is 0 Å². The number of phenolic OH excluding ortho intramolecular Hbond substituents is 1. The highest BCUT2D eigenvalue weighted by molar-refractivity contribution is 5.89. The minimum atomic E-state index is -0.933. The van der Waals surface area contributed by atoms with E-state index in [1.807, 2.05) is 54.6 Å². The number of H-pyrrole nitrogens is 1. The van der Waals surface area contributed by atoms with Crippen molar-refractivity contribution in [3.63, 3.8) is 0 Å². The number of rotatable bonds is 19. The van der Waals surface area contributed by atoms with E-state index < -0.39 is 24.2 Å². The van der Waals surface area contributed by atoms with Gasteiger partial charge in [0.1, 0.15) is 37.4 Å². The molecule has 344 valence electrons. The molecule has 4 heterocycles. The molecule has 1 amide bonds. The summed E-state index contributed by atoms with van der Waals surface area (Å²) in [6.07, 6.45) is 0.641. The van der Waals surface area contributed by atoms with Crippen LogP contribution < -0.4 is 35.1 Å². The summed E-state index contributed by atoms with van der Waals surface area (Å²) < 4.78 is 34.9. The van der Waals surface area contributed by atoms with Crippen molar-refractivity contribution >= 4 is 23.0 Å². The van der Waals surface area contributed by atoms with Gasteiger partial charge in [0.25, 0.3) is 0 Å². The van der Waals surface area contributed by atoms with Gasteiger partial charge in [-0.2, -0.15) is 0 Å². The number of nitrogens with one attached hydrogen (secondary N) is 3. The Morgan fingerprint density at radius 2 is 1.56 bits per heavy atom. The van der Waals surface area contributed by atoms with Gasteiger partial charge in [0.05, 0.1) is 37.4 Å². The van der Waals surface area contributed by atoms with Crippen molar-refractivity contribution in [2.75, 3.05) is 53.6 Å². The number of carbonyl (C=O) groups excluding carboxylic acids is 2. The molecule has 3 saturated heterocycles. The third-order valence-electron chi connectivity index (χ3n) is 12.1. The molecule has 15 nitrogen and oxygen atoms in total. The average molecular weight is 899 g/mol. The van der Waals surface area contributed by atoms with Crippen molar-refractivity contribution in [2.24, 2.45) is 5.92 Å². The minimum absolute atomic E-state index is 0.0284. The molecule has 5 N–H and O–H groups in total. The van der Waals surface area contributed by atoms with Crippen LogP contribution >= 0.6 is 0 Å². The SMILES string of the molecule is COc1cc(CNCC(O)c2ccc(O)c3[nH]c(=O)ccc23)cc(OC)c1OCCOC(=O)c1ccc(COc2cccc([C@@H](NC(=O)OC3CN4CCC3CC4)c3ccccc3)c2)cc1. The van der Waals surface area contributed by atoms with Gasteiger partial charge in [-0.3, -0.25) is 9.69 Å². The summed E-state index contributed by atoms with van der Waals surface area (Å²) in [6.45, 7) is 3.68. The van der Waals surface area contributed by atoms with Gasteiger partial charge in [-0.25, -0.2) is 9.59 Å². The van der Waals surface area contributed by atoms with Crippen molar-refractivity contribution in [2.45, 2.75) is 44.2 Å². The van der Waals surface area contributed by atoms with Gasteiger partial charge in [0, 0.05) is 31.1 Å². The molecule has 0 saturated carbocycles. The van der Waals surface area contributed by atoms with E-state index in [-0.39, 0.29) is 49.3 Å². The van der Waals surface area contributed by atoms with E-state index in [4.69, 9.17) is 28.4 Å². The van der Waals surface area contributed by atoms with E-state index in [2.05, 4.69) is 20.5 Å². The number of aliphatic hydroxyl groups is 1. The van der Waals surface area contributed by atoms with Gasteiger partial charge in [0.2, 0.25) is 11.3 Å². The standard InChI is InChI=1S/C51H54N4O11/c1-61-43-25-33(28-52-29-42(57)39-15-17-41(56)48-40(39)16-18-46(58)53-48)26-44(62-2)49(43)63-23-24-64-50(59)36-13-11-32(12-14-36)31-65-38-10-6-9-37(27-38)47(35-7-4-3-5-8-35)54-51(60)66-45-30-55-21-19-34(45)20-22-55/h3-18,25-27,34,42,45,47,52,56-57H,19-24,28-31H2,1-2H3,(H,53,58)(H,54,60)/t42?,45?,47-/m0/s1. The molecule has 1 aromatic heterocycles. The number of esters is 1. The Kier molecular flexibility index (Phi) is 14.7. The number of methoxy groups -OCH3 is 2. The van der Waals surface area contributed by atoms with Crippen LogP contribution in [0.5, 0.6) is 28.7 Å². The molecule has 3 fully saturated rings. The van der Waals surface area contributed by atoms with Crippen LogP contribution in [-0.4, -0.2) is 91.9 Å². The van der Waals surface area contributed by atoms with Crippen LogP contribution in [-0.2, 0) is 22.6 Å². The number of amides is 1. The molecule has 5 aromatic carbocycles. The molecule has 3 aliphatic heterocycles. The molecule has 15 heteroatoms. The number of hydrogen-bond donors (Lipinski definition) is 5. The van der Waals surface area contributed by atoms with Gasteiger partial charge in [0.15, 0.2) is 11.5 Å². The average Bonchev–Trinajstić information content (AvgIpc) is 3.35. The number of piperidine rings is 3. The fourth-order valence-corrected chi connectivity index (χ4v) is 8.58. The number of hydrogen-bond acceptors (Lipinski definition) is 13. The summed E-state index contributed by atoms with van der Waals surface area (Å²) in [4.78, 5) is 43.0. The normalized spacial score (nSPS) is 17.3. The van der Waals surface area contributed by atoms with Crippen molar-refractivity contribution < 1.29 is 48.2 Å². The van der Waals surface area contributed by atoms with E-state index in [0.29, 0.717) is 52.0 Å². The van der Waals surface area contributed by atoms with E-state index in [0.717, 1.165) is 54.7 Å². The zero-order valence-electron chi connectivity index (χ0n) is 36.9. The molecular formula is C51H54N4O11. The predicted molar refractivity (Wildman–Crippen MR) is 246 cm³/mol. The number of nitrogens with zero attached hydrogens (tertiary/aromatic N) is 1. The third kappa shape index (κ3) is 11.1. The summed E-state index contributed by atoms with van der Waals surface area (Å²) in [6, 6.07) is 33.5. The van der Waals surface area contributed by atoms with E-state index in [9.17, 15) is 24.6 Å². The summed E-state index contributed by atoms with van der Waals surface area (Å²) in [7, 11) is 3.01. The third-order valence-corrected chi connectivity index (χ3v) is 12.1. The Balaban J connectivity index is 0.805. The lowest BCUT2D eigenvalue weighted by Gasteiger charge is -2.43. The van der Waals surface area contributed by atoms with Gasteiger partial charge in [-0.15, -0.1) is 0 Å². The van der Waals surface area contributed by atoms with E-state index in [1.54, 1.807) is 48.5 Å². The maximum Gasteiger partial charge on any atom is 0.408 e. The first-order valence-electron chi connectivity index (χ1n) is 22.0. The molecular weight excluding hydrogens is 845 g/mol. The number of aliphatic hydroxyl groups excluding tert-OH is 1. The van der Waals surface area contributed by atoms with E-state index in [1.165, 1.54) is 26.4 Å². The number of alkyl carbamates (subject to hydrolysis) is 1. The second-order valence-corrected chi connectivity index (χ2v) is 16.4. The molecule has 0 radical (unpaired) electrons. The van der Waals surface area contributed by atoms with Crippen LogP contribution in [0.4, 0.5) is 4.79 Å². The molecule has 9 rings (SSSR count). The Morgan fingerprint density at radius 1 is 0.818 bits per heavy atom. The number of phenols is 1. The van der Waals surface area contributed by atoms with Crippen LogP contribution in [0.25, 0.3) is 10.9 Å². The second kappa shape index (κ2) is 21.3. The Morgan fingerprint density at radius 3 is 2.27 bits per heavy atom. The number of pyridine rings is 1. The summed E-state index contributed by atoms with van der Waals surface area (Å²) in [5.74, 6) is 1.59. The first kappa shape index (κ1) is 45.5. The number of ether oxygens (including phenoxy) is 6. The zero-order valence-corrected chi connectivity index (χ0v) is 36.9. The molecule has 6 aromatic rings.